The molecular formula is C27H49NO4. The summed E-state index contributed by atoms with van der Waals surface area (Å²) in [6.45, 7) is 4.69. The van der Waals surface area contributed by atoms with Crippen molar-refractivity contribution >= 4 is 5.97 Å². The van der Waals surface area contributed by atoms with Crippen molar-refractivity contribution in [1.29, 1.82) is 0 Å². The molecule has 0 saturated heterocycles. The van der Waals surface area contributed by atoms with Gasteiger partial charge in [-0.15, -0.1) is 0 Å². The van der Waals surface area contributed by atoms with Crippen LogP contribution >= 0.6 is 0 Å². The summed E-state index contributed by atoms with van der Waals surface area (Å²) in [6.07, 6.45) is 19.9. The van der Waals surface area contributed by atoms with Gasteiger partial charge in [0.25, 0.3) is 0 Å². The van der Waals surface area contributed by atoms with Crippen LogP contribution in [0.25, 0.3) is 0 Å². The normalized spacial score (nSPS) is 11.1. The van der Waals surface area contributed by atoms with Crippen molar-refractivity contribution in [1.82, 2.24) is 0 Å². The minimum Gasteiger partial charge on any atom is -0.872 e. The third-order valence-corrected chi connectivity index (χ3v) is 5.94. The van der Waals surface area contributed by atoms with E-state index in [2.05, 4.69) is 21.0 Å². The molecule has 0 aliphatic carbocycles. The number of unbranched alkanes of at least 4 members (excludes halogenated alkanes) is 13. The fourth-order valence-electron chi connectivity index (χ4n) is 3.76. The quantitative estimate of drug-likeness (QED) is 0.212. The highest BCUT2D eigenvalue weighted by atomic mass is 16.4. The van der Waals surface area contributed by atoms with Gasteiger partial charge in [-0.2, -0.15) is 0 Å². The van der Waals surface area contributed by atoms with Gasteiger partial charge >= 0.3 is 5.97 Å². The lowest BCUT2D eigenvalue weighted by molar-refractivity contribution is -0.890. The Morgan fingerprint density at radius 2 is 1.22 bits per heavy atom. The molecule has 0 bridgehead atoms. The van der Waals surface area contributed by atoms with Crippen molar-refractivity contribution in [3.63, 3.8) is 0 Å². The van der Waals surface area contributed by atoms with Gasteiger partial charge in [0.15, 0.2) is 0 Å². The Kier molecular flexibility index (Phi) is 19.1. The van der Waals surface area contributed by atoms with Crippen molar-refractivity contribution in [2.24, 2.45) is 0 Å². The summed E-state index contributed by atoms with van der Waals surface area (Å²) in [5.74, 6) is -1.62. The van der Waals surface area contributed by atoms with Crippen molar-refractivity contribution < 1.29 is 24.6 Å². The lowest BCUT2D eigenvalue weighted by Crippen LogP contribution is -2.42. The van der Waals surface area contributed by atoms with E-state index in [4.69, 9.17) is 10.2 Å². The van der Waals surface area contributed by atoms with Gasteiger partial charge < -0.3 is 19.8 Å². The van der Waals surface area contributed by atoms with E-state index in [0.29, 0.717) is 6.61 Å². The largest absolute Gasteiger partial charge is 0.872 e. The third-order valence-electron chi connectivity index (χ3n) is 5.94. The number of carboxylic acids is 1. The summed E-state index contributed by atoms with van der Waals surface area (Å²) < 4.78 is 0.967. The molecule has 0 aliphatic heterocycles. The molecule has 0 amide bonds. The molecule has 0 saturated carbocycles. The van der Waals surface area contributed by atoms with Gasteiger partial charge in [0, 0.05) is 0 Å². The molecule has 1 rings (SSSR count). The predicted molar refractivity (Wildman–Crippen MR) is 132 cm³/mol. The number of para-hydroxylation sites is 1. The summed E-state index contributed by atoms with van der Waals surface area (Å²) in [7, 11) is 4.44. The number of hydrogen-bond acceptors (Lipinski definition) is 3. The molecule has 5 heteroatoms. The van der Waals surface area contributed by atoms with Gasteiger partial charge in [-0.25, -0.2) is 4.79 Å². The molecule has 0 fully saturated rings. The fraction of sp³-hybridized carbons (Fsp3) is 0.741. The molecule has 0 unspecified atom stereocenters. The molecule has 0 aliphatic rings. The summed E-state index contributed by atoms with van der Waals surface area (Å²) in [5, 5.41) is 28.0. The average Bonchev–Trinajstić information content (AvgIpc) is 2.74. The van der Waals surface area contributed by atoms with Crippen LogP contribution in [-0.2, 0) is 0 Å². The Hall–Kier alpha value is -1.59. The first-order valence-corrected chi connectivity index (χ1v) is 12.8. The highest BCUT2D eigenvalue weighted by Crippen LogP contribution is 2.13. The van der Waals surface area contributed by atoms with E-state index in [-0.39, 0.29) is 5.56 Å². The third kappa shape index (κ3) is 18.0. The number of rotatable bonds is 18. The van der Waals surface area contributed by atoms with Crippen LogP contribution in [0.1, 0.15) is 107 Å². The van der Waals surface area contributed by atoms with Crippen molar-refractivity contribution in [2.75, 3.05) is 33.8 Å². The molecular weight excluding hydrogens is 402 g/mol. The number of benzene rings is 1. The van der Waals surface area contributed by atoms with Gasteiger partial charge in [0.05, 0.1) is 32.8 Å². The van der Waals surface area contributed by atoms with Crippen molar-refractivity contribution in [3.8, 4) is 5.75 Å². The number of likely N-dealkylation sites (N-methyl/N-ethyl adjacent to an activating group) is 1. The lowest BCUT2D eigenvalue weighted by Gasteiger charge is -2.28. The second-order valence-corrected chi connectivity index (χ2v) is 9.50. The molecule has 0 radical (unpaired) electrons. The number of nitrogens with zero attached hydrogens (tertiary/aromatic N) is 1. The fourth-order valence-corrected chi connectivity index (χ4v) is 3.76. The summed E-state index contributed by atoms with van der Waals surface area (Å²) >= 11 is 0. The summed E-state index contributed by atoms with van der Waals surface area (Å²) in [4.78, 5) is 10.2. The number of aromatic carboxylic acids is 1. The molecule has 32 heavy (non-hydrogen) atoms. The molecule has 1 aromatic carbocycles. The van der Waals surface area contributed by atoms with Crippen LogP contribution in [0, 0.1) is 0 Å². The highest BCUT2D eigenvalue weighted by Gasteiger charge is 2.12. The lowest BCUT2D eigenvalue weighted by atomic mass is 10.0. The SMILES string of the molecule is CCCCCCCCCCCCCCCC[N+](C)(C)CCO.O=C(O)c1ccccc1[O-]. The van der Waals surface area contributed by atoms with Crippen LogP contribution in [0.3, 0.4) is 0 Å². The van der Waals surface area contributed by atoms with E-state index >= 15 is 0 Å². The first kappa shape index (κ1) is 30.4. The zero-order valence-corrected chi connectivity index (χ0v) is 21.0. The topological polar surface area (TPSA) is 80.6 Å². The maximum absolute atomic E-state index is 10.7. The van der Waals surface area contributed by atoms with E-state index in [1.54, 1.807) is 0 Å². The molecule has 0 atom stereocenters. The van der Waals surface area contributed by atoms with Crippen LogP contribution in [0.2, 0.25) is 0 Å². The Morgan fingerprint density at radius 3 is 1.59 bits per heavy atom. The van der Waals surface area contributed by atoms with E-state index in [1.165, 1.54) is 121 Å². The number of aliphatic hydroxyl groups is 1. The van der Waals surface area contributed by atoms with E-state index in [9.17, 15) is 9.90 Å². The Labute approximate surface area is 197 Å². The first-order valence-electron chi connectivity index (χ1n) is 12.8. The zero-order valence-electron chi connectivity index (χ0n) is 21.0. The van der Waals surface area contributed by atoms with Gasteiger partial charge in [0.1, 0.15) is 6.54 Å². The Balaban J connectivity index is 0.000000792. The molecule has 1 aromatic rings. The summed E-state index contributed by atoms with van der Waals surface area (Å²) in [6, 6.07) is 5.54. The molecule has 186 valence electrons. The summed E-state index contributed by atoms with van der Waals surface area (Å²) in [5.41, 5.74) is -0.178. The zero-order chi connectivity index (χ0) is 24.1. The van der Waals surface area contributed by atoms with Crippen LogP contribution < -0.4 is 5.11 Å². The Bertz CT molecular complexity index is 575. The average molecular weight is 452 g/mol. The second kappa shape index (κ2) is 20.0. The van der Waals surface area contributed by atoms with Crippen molar-refractivity contribution in [2.45, 2.75) is 96.8 Å². The van der Waals surface area contributed by atoms with E-state index in [1.807, 2.05) is 0 Å². The van der Waals surface area contributed by atoms with E-state index in [0.717, 1.165) is 11.0 Å². The maximum atomic E-state index is 10.7. The highest BCUT2D eigenvalue weighted by molar-refractivity contribution is 5.90. The number of aliphatic hydroxyl groups excluding tert-OH is 1. The standard InChI is InChI=1S/C20H44NO.C7H6O3/c1-4-5-6-7-8-9-10-11-12-13-14-15-16-17-18-21(2,3)19-20-22;8-6-4-2-1-3-5(6)7(9)10/h22H,4-20H2,1-3H3;1-4,8H,(H,9,10)/q+1;/p-1. The predicted octanol–water partition coefficient (Wildman–Crippen LogP) is 5.99. The second-order valence-electron chi connectivity index (χ2n) is 9.50. The number of quaternary nitrogens is 1. The van der Waals surface area contributed by atoms with Crippen LogP contribution in [-0.4, -0.2) is 54.5 Å². The number of carboxylic acid groups (broad SMARTS) is 1. The smallest absolute Gasteiger partial charge is 0.335 e. The maximum Gasteiger partial charge on any atom is 0.335 e. The molecule has 0 spiro atoms. The van der Waals surface area contributed by atoms with Gasteiger partial charge in [-0.1, -0.05) is 108 Å². The molecule has 0 aromatic heterocycles. The van der Waals surface area contributed by atoms with Crippen LogP contribution in [0.4, 0.5) is 0 Å². The minimum atomic E-state index is -1.18. The number of carbonyl (C=O) groups is 1. The van der Waals surface area contributed by atoms with Crippen LogP contribution in [0.15, 0.2) is 24.3 Å². The van der Waals surface area contributed by atoms with Gasteiger partial charge in [-0.3, -0.25) is 0 Å². The van der Waals surface area contributed by atoms with Gasteiger partial charge in [0.2, 0.25) is 0 Å². The van der Waals surface area contributed by atoms with Crippen LogP contribution in [0.5, 0.6) is 5.75 Å². The van der Waals surface area contributed by atoms with Gasteiger partial charge in [-0.05, 0) is 18.9 Å². The van der Waals surface area contributed by atoms with E-state index < -0.39 is 11.7 Å². The monoisotopic (exact) mass is 451 g/mol. The first-order chi connectivity index (χ1) is 15.3. The Morgan fingerprint density at radius 1 is 0.781 bits per heavy atom. The molecule has 0 heterocycles. The minimum absolute atomic E-state index is 0.178. The van der Waals surface area contributed by atoms with Crippen molar-refractivity contribution in [3.05, 3.63) is 29.8 Å². The molecule has 5 nitrogen and oxygen atoms in total. The number of hydrogen-bond donors (Lipinski definition) is 2. The molecule has 2 N–H and O–H groups in total.